The summed E-state index contributed by atoms with van der Waals surface area (Å²) in [5, 5.41) is 3.65. The van der Waals surface area contributed by atoms with Crippen LogP contribution < -0.4 is 10.2 Å². The molecular weight excluding hydrogens is 220 g/mol. The Balaban J connectivity index is 2.15. The minimum Gasteiger partial charge on any atom is -0.371 e. The van der Waals surface area contributed by atoms with Crippen LogP contribution in [-0.2, 0) is 0 Å². The van der Waals surface area contributed by atoms with Gasteiger partial charge in [0.25, 0.3) is 0 Å². The van der Waals surface area contributed by atoms with Gasteiger partial charge in [-0.05, 0) is 52.2 Å². The zero-order chi connectivity index (χ0) is 13.1. The van der Waals surface area contributed by atoms with E-state index in [1.54, 1.807) is 0 Å². The Morgan fingerprint density at radius 1 is 1.06 bits per heavy atom. The van der Waals surface area contributed by atoms with E-state index < -0.39 is 0 Å². The van der Waals surface area contributed by atoms with Crippen molar-refractivity contribution < 1.29 is 0 Å². The topological polar surface area (TPSA) is 15.3 Å². The van der Waals surface area contributed by atoms with Crippen molar-refractivity contribution in [3.05, 3.63) is 29.3 Å². The summed E-state index contributed by atoms with van der Waals surface area (Å²) in [6.45, 7) is 11.3. The SMILES string of the molecule is Cc1ccc(N2CCC(C)NC(C)CC2)c(C)c1. The Kier molecular flexibility index (Phi) is 4.28. The maximum Gasteiger partial charge on any atom is 0.0396 e. The molecule has 1 aromatic rings. The summed E-state index contributed by atoms with van der Waals surface area (Å²) in [6, 6.07) is 8.04. The maximum atomic E-state index is 3.65. The minimum absolute atomic E-state index is 0.619. The Morgan fingerprint density at radius 2 is 1.67 bits per heavy atom. The van der Waals surface area contributed by atoms with Gasteiger partial charge in [0.2, 0.25) is 0 Å². The molecule has 100 valence electrons. The quantitative estimate of drug-likeness (QED) is 0.818. The molecule has 1 aliphatic heterocycles. The second kappa shape index (κ2) is 5.75. The molecular formula is C16H26N2. The highest BCUT2D eigenvalue weighted by atomic mass is 15.1. The fourth-order valence-corrected chi connectivity index (χ4v) is 2.86. The van der Waals surface area contributed by atoms with Gasteiger partial charge in [-0.3, -0.25) is 0 Å². The van der Waals surface area contributed by atoms with E-state index in [1.165, 1.54) is 29.7 Å². The molecule has 1 saturated heterocycles. The Morgan fingerprint density at radius 3 is 2.22 bits per heavy atom. The van der Waals surface area contributed by atoms with Crippen LogP contribution in [0, 0.1) is 13.8 Å². The Bertz CT molecular complexity index is 388. The van der Waals surface area contributed by atoms with E-state index in [9.17, 15) is 0 Å². The van der Waals surface area contributed by atoms with Crippen molar-refractivity contribution in [1.82, 2.24) is 5.32 Å². The molecule has 2 nitrogen and oxygen atoms in total. The highest BCUT2D eigenvalue weighted by Gasteiger charge is 2.17. The van der Waals surface area contributed by atoms with E-state index in [-0.39, 0.29) is 0 Å². The predicted octanol–water partition coefficient (Wildman–Crippen LogP) is 3.27. The lowest BCUT2D eigenvalue weighted by molar-refractivity contribution is 0.404. The highest BCUT2D eigenvalue weighted by molar-refractivity contribution is 5.54. The fraction of sp³-hybridized carbons (Fsp3) is 0.625. The smallest absolute Gasteiger partial charge is 0.0396 e. The van der Waals surface area contributed by atoms with Crippen LogP contribution in [0.15, 0.2) is 18.2 Å². The zero-order valence-corrected chi connectivity index (χ0v) is 12.2. The monoisotopic (exact) mass is 246 g/mol. The molecule has 0 bridgehead atoms. The average molecular weight is 246 g/mol. The highest BCUT2D eigenvalue weighted by Crippen LogP contribution is 2.23. The molecule has 0 amide bonds. The van der Waals surface area contributed by atoms with Gasteiger partial charge in [0.15, 0.2) is 0 Å². The Labute approximate surface area is 111 Å². The van der Waals surface area contributed by atoms with Crippen molar-refractivity contribution >= 4 is 5.69 Å². The van der Waals surface area contributed by atoms with Crippen molar-refractivity contribution in [2.75, 3.05) is 18.0 Å². The molecule has 0 saturated carbocycles. The summed E-state index contributed by atoms with van der Waals surface area (Å²) in [5.41, 5.74) is 4.18. The Hall–Kier alpha value is -1.02. The van der Waals surface area contributed by atoms with Crippen molar-refractivity contribution in [2.45, 2.75) is 52.6 Å². The normalized spacial score (nSPS) is 25.7. The molecule has 1 fully saturated rings. The summed E-state index contributed by atoms with van der Waals surface area (Å²) in [6.07, 6.45) is 2.44. The third-order valence-electron chi connectivity index (χ3n) is 3.93. The van der Waals surface area contributed by atoms with E-state index >= 15 is 0 Å². The van der Waals surface area contributed by atoms with Crippen LogP contribution in [0.4, 0.5) is 5.69 Å². The molecule has 2 rings (SSSR count). The first-order valence-corrected chi connectivity index (χ1v) is 7.14. The van der Waals surface area contributed by atoms with Gasteiger partial charge in [-0.1, -0.05) is 17.7 Å². The first-order valence-electron chi connectivity index (χ1n) is 7.14. The number of benzene rings is 1. The van der Waals surface area contributed by atoms with Crippen molar-refractivity contribution in [2.24, 2.45) is 0 Å². The molecule has 0 aliphatic carbocycles. The van der Waals surface area contributed by atoms with Crippen LogP contribution in [-0.4, -0.2) is 25.2 Å². The van der Waals surface area contributed by atoms with Crippen molar-refractivity contribution in [1.29, 1.82) is 0 Å². The molecule has 0 aromatic heterocycles. The van der Waals surface area contributed by atoms with Crippen LogP contribution in [0.3, 0.4) is 0 Å². The van der Waals surface area contributed by atoms with Gasteiger partial charge in [-0.15, -0.1) is 0 Å². The molecule has 0 spiro atoms. The summed E-state index contributed by atoms with van der Waals surface area (Å²) in [5.74, 6) is 0. The third-order valence-corrected chi connectivity index (χ3v) is 3.93. The van der Waals surface area contributed by atoms with Gasteiger partial charge in [0.05, 0.1) is 0 Å². The largest absolute Gasteiger partial charge is 0.371 e. The van der Waals surface area contributed by atoms with Crippen LogP contribution in [0.25, 0.3) is 0 Å². The fourth-order valence-electron chi connectivity index (χ4n) is 2.86. The zero-order valence-electron chi connectivity index (χ0n) is 12.2. The van der Waals surface area contributed by atoms with E-state index in [4.69, 9.17) is 0 Å². The van der Waals surface area contributed by atoms with Gasteiger partial charge < -0.3 is 10.2 Å². The summed E-state index contributed by atoms with van der Waals surface area (Å²) in [4.78, 5) is 2.56. The molecule has 18 heavy (non-hydrogen) atoms. The molecule has 0 radical (unpaired) electrons. The maximum absolute atomic E-state index is 3.65. The number of nitrogens with one attached hydrogen (secondary N) is 1. The van der Waals surface area contributed by atoms with Crippen LogP contribution >= 0.6 is 0 Å². The standard InChI is InChI=1S/C16H26N2/c1-12-5-6-16(13(2)11-12)18-9-7-14(3)17-15(4)8-10-18/h5-6,11,14-15,17H,7-10H2,1-4H3. The number of nitrogens with zero attached hydrogens (tertiary/aromatic N) is 1. The molecule has 1 heterocycles. The van der Waals surface area contributed by atoms with E-state index in [2.05, 4.69) is 56.1 Å². The predicted molar refractivity (Wildman–Crippen MR) is 79.4 cm³/mol. The van der Waals surface area contributed by atoms with Gasteiger partial charge in [0, 0.05) is 30.9 Å². The second-order valence-corrected chi connectivity index (χ2v) is 5.82. The van der Waals surface area contributed by atoms with Crippen LogP contribution in [0.1, 0.15) is 37.8 Å². The van der Waals surface area contributed by atoms with Crippen LogP contribution in [0.5, 0.6) is 0 Å². The minimum atomic E-state index is 0.619. The molecule has 1 N–H and O–H groups in total. The number of hydrogen-bond donors (Lipinski definition) is 1. The lowest BCUT2D eigenvalue weighted by Crippen LogP contribution is -2.43. The first kappa shape index (κ1) is 13.4. The van der Waals surface area contributed by atoms with Crippen LogP contribution in [0.2, 0.25) is 0 Å². The first-order chi connectivity index (χ1) is 8.56. The summed E-state index contributed by atoms with van der Waals surface area (Å²) >= 11 is 0. The number of hydrogen-bond acceptors (Lipinski definition) is 2. The van der Waals surface area contributed by atoms with Crippen molar-refractivity contribution in [3.63, 3.8) is 0 Å². The van der Waals surface area contributed by atoms with Gasteiger partial charge in [-0.25, -0.2) is 0 Å². The number of rotatable bonds is 1. The second-order valence-electron chi connectivity index (χ2n) is 5.82. The van der Waals surface area contributed by atoms with E-state index in [1.807, 2.05) is 0 Å². The average Bonchev–Trinajstić information content (AvgIpc) is 2.28. The summed E-state index contributed by atoms with van der Waals surface area (Å²) < 4.78 is 0. The van der Waals surface area contributed by atoms with E-state index in [0.29, 0.717) is 12.1 Å². The molecule has 1 aromatic carbocycles. The number of aryl methyl sites for hydroxylation is 2. The lowest BCUT2D eigenvalue weighted by atomic mass is 10.1. The van der Waals surface area contributed by atoms with Gasteiger partial charge >= 0.3 is 0 Å². The van der Waals surface area contributed by atoms with E-state index in [0.717, 1.165) is 13.1 Å². The molecule has 1 aliphatic rings. The van der Waals surface area contributed by atoms with Gasteiger partial charge in [0.1, 0.15) is 0 Å². The molecule has 2 heteroatoms. The lowest BCUT2D eigenvalue weighted by Gasteiger charge is -2.33. The van der Waals surface area contributed by atoms with Gasteiger partial charge in [-0.2, -0.15) is 0 Å². The number of anilines is 1. The summed E-state index contributed by atoms with van der Waals surface area (Å²) in [7, 11) is 0. The third kappa shape index (κ3) is 3.26. The molecule has 2 atom stereocenters. The molecule has 2 unspecified atom stereocenters. The van der Waals surface area contributed by atoms with Crippen molar-refractivity contribution in [3.8, 4) is 0 Å².